The number of rotatable bonds is 7. The predicted molar refractivity (Wildman–Crippen MR) is 124 cm³/mol. The number of para-hydroxylation sites is 1. The second-order valence-corrected chi connectivity index (χ2v) is 8.28. The van der Waals surface area contributed by atoms with E-state index in [2.05, 4.69) is 36.3 Å². The van der Waals surface area contributed by atoms with Crippen molar-refractivity contribution in [1.29, 1.82) is 0 Å². The Balaban J connectivity index is 1.79. The van der Waals surface area contributed by atoms with E-state index in [0.29, 0.717) is 6.42 Å². The molecule has 1 aliphatic heterocycles. The first-order valence-corrected chi connectivity index (χ1v) is 11.2. The minimum Gasteiger partial charge on any atom is -0.497 e. The third kappa shape index (κ3) is 4.41. The molecule has 1 atom stereocenters. The first-order valence-electron chi connectivity index (χ1n) is 11.2. The van der Waals surface area contributed by atoms with E-state index in [1.54, 1.807) is 14.2 Å². The number of nitrogens with zero attached hydrogens (tertiary/aromatic N) is 1. The van der Waals surface area contributed by atoms with E-state index in [-0.39, 0.29) is 11.8 Å². The molecular weight excluding hydrogens is 388 g/mol. The molecule has 1 saturated heterocycles. The van der Waals surface area contributed by atoms with Crippen LogP contribution in [0, 0.1) is 0 Å². The van der Waals surface area contributed by atoms with E-state index in [0.717, 1.165) is 60.5 Å². The van der Waals surface area contributed by atoms with Gasteiger partial charge in [0.1, 0.15) is 11.5 Å². The Morgan fingerprint density at radius 1 is 1.06 bits per heavy atom. The lowest BCUT2D eigenvalue weighted by Crippen LogP contribution is -2.36. The Hall–Kier alpha value is -2.95. The van der Waals surface area contributed by atoms with Gasteiger partial charge in [-0.2, -0.15) is 0 Å². The molecule has 1 aromatic heterocycles. The van der Waals surface area contributed by atoms with Gasteiger partial charge < -0.3 is 19.4 Å². The SMILES string of the molecule is CCc1cccc2c(C(CC(=O)N3CCCCC3)c3cc(OC)cc(OC)c3)c[nH]c12. The average molecular weight is 421 g/mol. The van der Waals surface area contributed by atoms with Gasteiger partial charge in [-0.05, 0) is 54.5 Å². The maximum Gasteiger partial charge on any atom is 0.223 e. The van der Waals surface area contributed by atoms with E-state index in [4.69, 9.17) is 9.47 Å². The van der Waals surface area contributed by atoms with Gasteiger partial charge >= 0.3 is 0 Å². The third-order valence-electron chi connectivity index (χ3n) is 6.45. The largest absolute Gasteiger partial charge is 0.497 e. The monoisotopic (exact) mass is 420 g/mol. The molecule has 1 amide bonds. The maximum atomic E-state index is 13.3. The van der Waals surface area contributed by atoms with Crippen LogP contribution < -0.4 is 9.47 Å². The molecule has 3 aromatic rings. The molecule has 0 aliphatic carbocycles. The minimum atomic E-state index is -0.0840. The Morgan fingerprint density at radius 3 is 2.42 bits per heavy atom. The fourth-order valence-corrected chi connectivity index (χ4v) is 4.71. The van der Waals surface area contributed by atoms with Gasteiger partial charge in [-0.15, -0.1) is 0 Å². The summed E-state index contributed by atoms with van der Waals surface area (Å²) in [6, 6.07) is 12.3. The van der Waals surface area contributed by atoms with Crippen molar-refractivity contribution in [3.63, 3.8) is 0 Å². The average Bonchev–Trinajstić information content (AvgIpc) is 3.26. The van der Waals surface area contributed by atoms with Gasteiger partial charge in [0.15, 0.2) is 0 Å². The van der Waals surface area contributed by atoms with E-state index in [9.17, 15) is 4.79 Å². The Labute approximate surface area is 184 Å². The number of H-pyrrole nitrogens is 1. The molecular formula is C26H32N2O3. The topological polar surface area (TPSA) is 54.6 Å². The Kier molecular flexibility index (Phi) is 6.50. The van der Waals surface area contributed by atoms with Crippen molar-refractivity contribution < 1.29 is 14.3 Å². The van der Waals surface area contributed by atoms with Crippen molar-refractivity contribution >= 4 is 16.8 Å². The molecule has 0 spiro atoms. The number of aromatic amines is 1. The van der Waals surface area contributed by atoms with Gasteiger partial charge in [-0.25, -0.2) is 0 Å². The zero-order chi connectivity index (χ0) is 21.8. The second-order valence-electron chi connectivity index (χ2n) is 8.28. The van der Waals surface area contributed by atoms with Gasteiger partial charge in [-0.3, -0.25) is 4.79 Å². The number of piperidine rings is 1. The predicted octanol–water partition coefficient (Wildman–Crippen LogP) is 5.28. The highest BCUT2D eigenvalue weighted by atomic mass is 16.5. The highest BCUT2D eigenvalue weighted by molar-refractivity contribution is 5.88. The fourth-order valence-electron chi connectivity index (χ4n) is 4.71. The molecule has 1 N–H and O–H groups in total. The number of hydrogen-bond donors (Lipinski definition) is 1. The molecule has 4 rings (SSSR count). The van der Waals surface area contributed by atoms with E-state index in [1.165, 1.54) is 17.4 Å². The highest BCUT2D eigenvalue weighted by Crippen LogP contribution is 2.38. The molecule has 31 heavy (non-hydrogen) atoms. The summed E-state index contributed by atoms with van der Waals surface area (Å²) < 4.78 is 11.1. The van der Waals surface area contributed by atoms with E-state index < -0.39 is 0 Å². The molecule has 0 radical (unpaired) electrons. The molecule has 0 saturated carbocycles. The van der Waals surface area contributed by atoms with Crippen LogP contribution in [-0.2, 0) is 11.2 Å². The molecule has 1 fully saturated rings. The lowest BCUT2D eigenvalue weighted by atomic mass is 9.87. The summed E-state index contributed by atoms with van der Waals surface area (Å²) in [6.45, 7) is 3.89. The Bertz CT molecular complexity index is 1030. The summed E-state index contributed by atoms with van der Waals surface area (Å²) >= 11 is 0. The second kappa shape index (κ2) is 9.46. The number of aromatic nitrogens is 1. The van der Waals surface area contributed by atoms with Crippen molar-refractivity contribution in [2.45, 2.75) is 44.9 Å². The van der Waals surface area contributed by atoms with Gasteiger partial charge in [0.25, 0.3) is 0 Å². The number of likely N-dealkylation sites (tertiary alicyclic amines) is 1. The van der Waals surface area contributed by atoms with Crippen molar-refractivity contribution in [2.24, 2.45) is 0 Å². The molecule has 2 aromatic carbocycles. The van der Waals surface area contributed by atoms with Gasteiger partial charge in [0.05, 0.1) is 14.2 Å². The zero-order valence-electron chi connectivity index (χ0n) is 18.7. The van der Waals surface area contributed by atoms with Gasteiger partial charge in [0.2, 0.25) is 5.91 Å². The summed E-state index contributed by atoms with van der Waals surface area (Å²) in [6.07, 6.45) is 6.86. The van der Waals surface area contributed by atoms with Crippen molar-refractivity contribution in [1.82, 2.24) is 9.88 Å². The normalized spacial score (nSPS) is 15.1. The van der Waals surface area contributed by atoms with Crippen LogP contribution in [0.2, 0.25) is 0 Å². The van der Waals surface area contributed by atoms with Crippen LogP contribution in [0.25, 0.3) is 10.9 Å². The number of ether oxygens (including phenoxy) is 2. The number of carbonyl (C=O) groups excluding carboxylic acids is 1. The van der Waals surface area contributed by atoms with Crippen LogP contribution in [0.3, 0.4) is 0 Å². The van der Waals surface area contributed by atoms with Crippen LogP contribution in [-0.4, -0.2) is 43.1 Å². The van der Waals surface area contributed by atoms with Crippen LogP contribution in [0.4, 0.5) is 0 Å². The first kappa shape index (κ1) is 21.3. The molecule has 0 bridgehead atoms. The van der Waals surface area contributed by atoms with Crippen LogP contribution in [0.15, 0.2) is 42.6 Å². The van der Waals surface area contributed by atoms with Crippen LogP contribution in [0.5, 0.6) is 11.5 Å². The zero-order valence-corrected chi connectivity index (χ0v) is 18.7. The third-order valence-corrected chi connectivity index (χ3v) is 6.45. The number of aryl methyl sites for hydroxylation is 1. The quantitative estimate of drug-likeness (QED) is 0.566. The van der Waals surface area contributed by atoms with E-state index >= 15 is 0 Å². The number of benzene rings is 2. The molecule has 2 heterocycles. The van der Waals surface area contributed by atoms with Crippen molar-refractivity contribution in [2.75, 3.05) is 27.3 Å². The standard InChI is InChI=1S/C26H32N2O3/c1-4-18-9-8-10-22-24(17-27-26(18)22)23(16-25(29)28-11-6-5-7-12-28)19-13-20(30-2)15-21(14-19)31-3/h8-10,13-15,17,23,27H,4-7,11-12,16H2,1-3H3. The highest BCUT2D eigenvalue weighted by Gasteiger charge is 2.26. The number of hydrogen-bond acceptors (Lipinski definition) is 3. The van der Waals surface area contributed by atoms with Crippen molar-refractivity contribution in [3.05, 3.63) is 59.3 Å². The first-order chi connectivity index (χ1) is 15.1. The number of nitrogens with one attached hydrogen (secondary N) is 1. The number of methoxy groups -OCH3 is 2. The lowest BCUT2D eigenvalue weighted by Gasteiger charge is -2.29. The molecule has 5 nitrogen and oxygen atoms in total. The van der Waals surface area contributed by atoms with Crippen LogP contribution >= 0.6 is 0 Å². The molecule has 1 unspecified atom stereocenters. The Morgan fingerprint density at radius 2 is 1.77 bits per heavy atom. The maximum absolute atomic E-state index is 13.3. The smallest absolute Gasteiger partial charge is 0.223 e. The minimum absolute atomic E-state index is 0.0840. The summed E-state index contributed by atoms with van der Waals surface area (Å²) in [5.41, 5.74) is 4.62. The molecule has 164 valence electrons. The van der Waals surface area contributed by atoms with Gasteiger partial charge in [-0.1, -0.05) is 25.1 Å². The lowest BCUT2D eigenvalue weighted by molar-refractivity contribution is -0.132. The van der Waals surface area contributed by atoms with E-state index in [1.807, 2.05) is 23.1 Å². The fraction of sp³-hybridized carbons (Fsp3) is 0.423. The summed E-state index contributed by atoms with van der Waals surface area (Å²) in [5.74, 6) is 1.60. The van der Waals surface area contributed by atoms with Crippen LogP contribution in [0.1, 0.15) is 55.2 Å². The summed E-state index contributed by atoms with van der Waals surface area (Å²) in [4.78, 5) is 18.8. The molecule has 1 aliphatic rings. The summed E-state index contributed by atoms with van der Waals surface area (Å²) in [5, 5.41) is 1.18. The number of fused-ring (bicyclic) bond motifs is 1. The van der Waals surface area contributed by atoms with Gasteiger partial charge in [0, 0.05) is 48.6 Å². The number of carbonyl (C=O) groups is 1. The molecule has 5 heteroatoms. The number of amides is 1. The van der Waals surface area contributed by atoms with Crippen molar-refractivity contribution in [3.8, 4) is 11.5 Å². The summed E-state index contributed by atoms with van der Waals surface area (Å²) in [7, 11) is 3.32.